The fraction of sp³-hybridized carbons (Fsp3) is 0.111. The van der Waals surface area contributed by atoms with Crippen molar-refractivity contribution < 1.29 is 9.59 Å². The maximum Gasteiger partial charge on any atom is 0.293 e. The monoisotopic (exact) mass is 435 g/mol. The molecule has 0 aromatic heterocycles. The molecule has 0 atom stereocenters. The maximum absolute atomic E-state index is 12.4. The first kappa shape index (κ1) is 16.3. The predicted octanol–water partition coefficient (Wildman–Crippen LogP) is 4.57. The molecular formula is C18H14INO2S. The zero-order valence-electron chi connectivity index (χ0n) is 12.2. The topological polar surface area (TPSA) is 37.4 Å². The van der Waals surface area contributed by atoms with E-state index in [1.54, 1.807) is 6.08 Å². The lowest BCUT2D eigenvalue weighted by Crippen LogP contribution is -2.30. The Balaban J connectivity index is 1.71. The summed E-state index contributed by atoms with van der Waals surface area (Å²) in [5, 5.41) is -0.192. The summed E-state index contributed by atoms with van der Waals surface area (Å²) < 4.78 is 1.13. The Morgan fingerprint density at radius 3 is 2.39 bits per heavy atom. The summed E-state index contributed by atoms with van der Waals surface area (Å²) in [4.78, 5) is 26.3. The second-order valence-corrected chi connectivity index (χ2v) is 7.36. The van der Waals surface area contributed by atoms with Crippen molar-refractivity contribution in [2.45, 2.75) is 6.42 Å². The molecule has 0 radical (unpaired) electrons. The van der Waals surface area contributed by atoms with Crippen LogP contribution in [0.2, 0.25) is 0 Å². The van der Waals surface area contributed by atoms with Crippen molar-refractivity contribution in [3.8, 4) is 0 Å². The summed E-state index contributed by atoms with van der Waals surface area (Å²) in [5.74, 6) is -0.200. The second-order valence-electron chi connectivity index (χ2n) is 5.12. The standard InChI is InChI=1S/C18H14INO2S/c19-15-8-6-14(7-9-15)12-16-17(21)20(18(22)23-16)11-10-13-4-2-1-3-5-13/h1-9,12H,10-11H2. The molecule has 2 amide bonds. The van der Waals surface area contributed by atoms with Crippen LogP contribution in [0.4, 0.5) is 4.79 Å². The molecule has 1 aliphatic rings. The Labute approximate surface area is 152 Å². The molecule has 1 heterocycles. The van der Waals surface area contributed by atoms with Crippen LogP contribution in [0.25, 0.3) is 6.08 Å². The van der Waals surface area contributed by atoms with Gasteiger partial charge < -0.3 is 0 Å². The first-order valence-electron chi connectivity index (χ1n) is 7.18. The Morgan fingerprint density at radius 2 is 1.70 bits per heavy atom. The van der Waals surface area contributed by atoms with E-state index in [2.05, 4.69) is 22.6 Å². The van der Waals surface area contributed by atoms with E-state index < -0.39 is 0 Å². The Hall–Kier alpha value is -1.60. The van der Waals surface area contributed by atoms with E-state index in [-0.39, 0.29) is 11.1 Å². The van der Waals surface area contributed by atoms with Gasteiger partial charge in [-0.25, -0.2) is 0 Å². The molecular weight excluding hydrogens is 421 g/mol. The largest absolute Gasteiger partial charge is 0.293 e. The third-order valence-corrected chi connectivity index (χ3v) is 5.13. The van der Waals surface area contributed by atoms with Crippen LogP contribution in [0.3, 0.4) is 0 Å². The van der Waals surface area contributed by atoms with Crippen LogP contribution in [-0.4, -0.2) is 22.6 Å². The van der Waals surface area contributed by atoms with Gasteiger partial charge in [0.15, 0.2) is 0 Å². The summed E-state index contributed by atoms with van der Waals surface area (Å²) >= 11 is 3.25. The first-order valence-corrected chi connectivity index (χ1v) is 9.08. The van der Waals surface area contributed by atoms with Gasteiger partial charge in [-0.15, -0.1) is 0 Å². The predicted molar refractivity (Wildman–Crippen MR) is 102 cm³/mol. The lowest BCUT2D eigenvalue weighted by atomic mass is 10.1. The zero-order valence-corrected chi connectivity index (χ0v) is 15.2. The van der Waals surface area contributed by atoms with Crippen LogP contribution in [0, 0.1) is 3.57 Å². The van der Waals surface area contributed by atoms with Crippen molar-refractivity contribution in [1.82, 2.24) is 4.90 Å². The Bertz CT molecular complexity index is 756. The van der Waals surface area contributed by atoms with Gasteiger partial charge in [-0.1, -0.05) is 42.5 Å². The van der Waals surface area contributed by atoms with E-state index in [1.165, 1.54) is 4.90 Å². The molecule has 0 aliphatic carbocycles. The number of thioether (sulfide) groups is 1. The van der Waals surface area contributed by atoms with Gasteiger partial charge in [0.2, 0.25) is 0 Å². The van der Waals surface area contributed by atoms with Crippen molar-refractivity contribution in [3.63, 3.8) is 0 Å². The fourth-order valence-electron chi connectivity index (χ4n) is 2.29. The van der Waals surface area contributed by atoms with Crippen LogP contribution >= 0.6 is 34.4 Å². The number of halogens is 1. The van der Waals surface area contributed by atoms with Crippen LogP contribution in [0.1, 0.15) is 11.1 Å². The molecule has 0 spiro atoms. The van der Waals surface area contributed by atoms with E-state index >= 15 is 0 Å². The zero-order chi connectivity index (χ0) is 16.2. The number of carbonyl (C=O) groups is 2. The normalized spacial score (nSPS) is 16.4. The van der Waals surface area contributed by atoms with Crippen molar-refractivity contribution in [2.75, 3.05) is 6.54 Å². The highest BCUT2D eigenvalue weighted by Crippen LogP contribution is 2.32. The second kappa shape index (κ2) is 7.31. The van der Waals surface area contributed by atoms with E-state index in [4.69, 9.17) is 0 Å². The third-order valence-electron chi connectivity index (χ3n) is 3.51. The first-order chi connectivity index (χ1) is 11.1. The van der Waals surface area contributed by atoms with Gasteiger partial charge in [0.1, 0.15) is 0 Å². The van der Waals surface area contributed by atoms with Gasteiger partial charge in [0.05, 0.1) is 4.91 Å². The van der Waals surface area contributed by atoms with Gasteiger partial charge in [0, 0.05) is 10.1 Å². The molecule has 2 aromatic carbocycles. The SMILES string of the molecule is O=C1SC(=Cc2ccc(I)cc2)C(=O)N1CCc1ccccc1. The van der Waals surface area contributed by atoms with Crippen LogP contribution in [0.5, 0.6) is 0 Å². The number of rotatable bonds is 4. The highest BCUT2D eigenvalue weighted by Gasteiger charge is 2.34. The number of carbonyl (C=O) groups excluding carboxylic acids is 2. The molecule has 1 aliphatic heterocycles. The minimum atomic E-state index is -0.200. The molecule has 0 saturated carbocycles. The minimum Gasteiger partial charge on any atom is -0.268 e. The van der Waals surface area contributed by atoms with Crippen LogP contribution < -0.4 is 0 Å². The molecule has 0 bridgehead atoms. The molecule has 23 heavy (non-hydrogen) atoms. The van der Waals surface area contributed by atoms with Gasteiger partial charge in [-0.3, -0.25) is 14.5 Å². The summed E-state index contributed by atoms with van der Waals surface area (Å²) in [5.41, 5.74) is 2.05. The third kappa shape index (κ3) is 4.03. The summed E-state index contributed by atoms with van der Waals surface area (Å²) in [6.45, 7) is 0.415. The van der Waals surface area contributed by atoms with Crippen LogP contribution in [-0.2, 0) is 11.2 Å². The van der Waals surface area contributed by atoms with Crippen molar-refractivity contribution in [2.24, 2.45) is 0 Å². The molecule has 116 valence electrons. The number of amides is 2. The van der Waals surface area contributed by atoms with Crippen molar-refractivity contribution in [1.29, 1.82) is 0 Å². The maximum atomic E-state index is 12.4. The summed E-state index contributed by atoms with van der Waals surface area (Å²) in [7, 11) is 0. The number of hydrogen-bond donors (Lipinski definition) is 0. The number of nitrogens with zero attached hydrogens (tertiary/aromatic N) is 1. The van der Waals surface area contributed by atoms with E-state index in [0.717, 1.165) is 26.5 Å². The lowest BCUT2D eigenvalue weighted by molar-refractivity contribution is -0.122. The summed E-state index contributed by atoms with van der Waals surface area (Å²) in [6.07, 6.45) is 2.46. The van der Waals surface area contributed by atoms with Crippen molar-refractivity contribution >= 4 is 51.6 Å². The average Bonchev–Trinajstić information content (AvgIpc) is 2.82. The quantitative estimate of drug-likeness (QED) is 0.522. The van der Waals surface area contributed by atoms with E-state index in [0.29, 0.717) is 17.9 Å². The molecule has 5 heteroatoms. The number of hydrogen-bond acceptors (Lipinski definition) is 3. The average molecular weight is 435 g/mol. The van der Waals surface area contributed by atoms with Crippen molar-refractivity contribution in [3.05, 3.63) is 74.2 Å². The molecule has 3 nitrogen and oxygen atoms in total. The summed E-state index contributed by atoms with van der Waals surface area (Å²) in [6, 6.07) is 17.7. The van der Waals surface area contributed by atoms with Gasteiger partial charge in [0.25, 0.3) is 11.1 Å². The fourth-order valence-corrected chi connectivity index (χ4v) is 3.51. The van der Waals surface area contributed by atoms with Gasteiger partial charge >= 0.3 is 0 Å². The Morgan fingerprint density at radius 1 is 1.00 bits per heavy atom. The lowest BCUT2D eigenvalue weighted by Gasteiger charge is -2.12. The Kier molecular flexibility index (Phi) is 5.17. The van der Waals surface area contributed by atoms with Gasteiger partial charge in [-0.05, 0) is 70.1 Å². The number of benzene rings is 2. The molecule has 0 unspecified atom stereocenters. The van der Waals surface area contributed by atoms with E-state index in [1.807, 2.05) is 54.6 Å². The molecule has 1 saturated heterocycles. The van der Waals surface area contributed by atoms with Gasteiger partial charge in [-0.2, -0.15) is 0 Å². The van der Waals surface area contributed by atoms with Crippen LogP contribution in [0.15, 0.2) is 59.5 Å². The smallest absolute Gasteiger partial charge is 0.268 e. The highest BCUT2D eigenvalue weighted by atomic mass is 127. The molecule has 3 rings (SSSR count). The molecule has 1 fully saturated rings. The molecule has 2 aromatic rings. The number of imide groups is 1. The highest BCUT2D eigenvalue weighted by molar-refractivity contribution is 14.1. The van der Waals surface area contributed by atoms with E-state index in [9.17, 15) is 9.59 Å². The molecule has 0 N–H and O–H groups in total. The minimum absolute atomic E-state index is 0.192.